The first-order valence-corrected chi connectivity index (χ1v) is 9.05. The predicted molar refractivity (Wildman–Crippen MR) is 104 cm³/mol. The number of hydrogen-bond acceptors (Lipinski definition) is 3. The molecule has 0 fully saturated rings. The Labute approximate surface area is 163 Å². The fraction of sp³-hybridized carbons (Fsp3) is 0.300. The second-order valence-corrected chi connectivity index (χ2v) is 6.26. The van der Waals surface area contributed by atoms with Gasteiger partial charge in [-0.1, -0.05) is 23.7 Å². The number of hydrogen-bond donors (Lipinski definition) is 1. The molecule has 27 heavy (non-hydrogen) atoms. The van der Waals surface area contributed by atoms with Crippen LogP contribution in [0.1, 0.15) is 19.4 Å². The molecule has 2 amide bonds. The topological polar surface area (TPSA) is 58.6 Å². The molecule has 5 nitrogen and oxygen atoms in total. The summed E-state index contributed by atoms with van der Waals surface area (Å²) in [5.74, 6) is -0.435. The van der Waals surface area contributed by atoms with Crippen molar-refractivity contribution >= 4 is 29.1 Å². The van der Waals surface area contributed by atoms with E-state index in [1.165, 1.54) is 12.1 Å². The van der Waals surface area contributed by atoms with Crippen LogP contribution in [0, 0.1) is 5.82 Å². The minimum absolute atomic E-state index is 0.0476. The zero-order valence-electron chi connectivity index (χ0n) is 15.3. The first kappa shape index (κ1) is 20.7. The number of carbonyl (C=O) groups excluding carboxylic acids is 2. The number of amides is 2. The Kier molecular flexibility index (Phi) is 7.61. The number of anilines is 1. The van der Waals surface area contributed by atoms with Gasteiger partial charge in [0, 0.05) is 18.8 Å². The van der Waals surface area contributed by atoms with Gasteiger partial charge < -0.3 is 15.0 Å². The quantitative estimate of drug-likeness (QED) is 0.741. The zero-order valence-corrected chi connectivity index (χ0v) is 16.1. The monoisotopic (exact) mass is 392 g/mol. The SMILES string of the molecule is CCN(CC)C(=O)COc1ccc(NC(=O)Cc2cccc(F)c2)cc1Cl. The number of halogens is 2. The van der Waals surface area contributed by atoms with Crippen LogP contribution in [0.25, 0.3) is 0 Å². The summed E-state index contributed by atoms with van der Waals surface area (Å²) in [6, 6.07) is 10.6. The van der Waals surface area contributed by atoms with Crippen LogP contribution in [0.4, 0.5) is 10.1 Å². The van der Waals surface area contributed by atoms with E-state index < -0.39 is 0 Å². The number of rotatable bonds is 8. The highest BCUT2D eigenvalue weighted by atomic mass is 35.5. The summed E-state index contributed by atoms with van der Waals surface area (Å²) in [5.41, 5.74) is 1.07. The van der Waals surface area contributed by atoms with Crippen LogP contribution in [0.3, 0.4) is 0 Å². The molecule has 2 aromatic rings. The van der Waals surface area contributed by atoms with Crippen molar-refractivity contribution in [1.82, 2.24) is 4.90 Å². The normalized spacial score (nSPS) is 10.4. The van der Waals surface area contributed by atoms with Gasteiger partial charge in [0.05, 0.1) is 11.4 Å². The lowest BCUT2D eigenvalue weighted by atomic mass is 10.1. The Bertz CT molecular complexity index is 810. The van der Waals surface area contributed by atoms with Gasteiger partial charge in [0.15, 0.2) is 6.61 Å². The Morgan fingerprint density at radius 2 is 1.89 bits per heavy atom. The smallest absolute Gasteiger partial charge is 0.260 e. The summed E-state index contributed by atoms with van der Waals surface area (Å²) in [5, 5.41) is 2.99. The first-order chi connectivity index (χ1) is 12.9. The van der Waals surface area contributed by atoms with Crippen molar-refractivity contribution < 1.29 is 18.7 Å². The molecule has 0 atom stereocenters. The van der Waals surface area contributed by atoms with Crippen molar-refractivity contribution in [2.24, 2.45) is 0 Å². The molecule has 0 aliphatic rings. The molecule has 2 rings (SSSR count). The van der Waals surface area contributed by atoms with Crippen molar-refractivity contribution in [2.75, 3.05) is 25.0 Å². The van der Waals surface area contributed by atoms with Crippen molar-refractivity contribution in [3.05, 3.63) is 58.9 Å². The number of nitrogens with zero attached hydrogens (tertiary/aromatic N) is 1. The molecule has 0 aliphatic carbocycles. The van der Waals surface area contributed by atoms with Gasteiger partial charge in [-0.2, -0.15) is 0 Å². The number of ether oxygens (including phenoxy) is 1. The highest BCUT2D eigenvalue weighted by Crippen LogP contribution is 2.27. The van der Waals surface area contributed by atoms with Gasteiger partial charge >= 0.3 is 0 Å². The summed E-state index contributed by atoms with van der Waals surface area (Å²) in [7, 11) is 0. The van der Waals surface area contributed by atoms with E-state index in [1.54, 1.807) is 35.2 Å². The van der Waals surface area contributed by atoms with Crippen molar-refractivity contribution in [1.29, 1.82) is 0 Å². The average Bonchev–Trinajstić information content (AvgIpc) is 2.62. The fourth-order valence-electron chi connectivity index (χ4n) is 2.54. The van der Waals surface area contributed by atoms with Crippen molar-refractivity contribution in [3.8, 4) is 5.75 Å². The molecule has 0 heterocycles. The summed E-state index contributed by atoms with van der Waals surface area (Å²) in [6.45, 7) is 4.92. The third-order valence-corrected chi connectivity index (χ3v) is 4.23. The van der Waals surface area contributed by atoms with Gasteiger partial charge in [0.1, 0.15) is 11.6 Å². The fourth-order valence-corrected chi connectivity index (χ4v) is 2.78. The number of nitrogens with one attached hydrogen (secondary N) is 1. The van der Waals surface area contributed by atoms with E-state index >= 15 is 0 Å². The molecular formula is C20H22ClFN2O3. The van der Waals surface area contributed by atoms with Gasteiger partial charge in [-0.25, -0.2) is 4.39 Å². The maximum Gasteiger partial charge on any atom is 0.260 e. The third kappa shape index (κ3) is 6.25. The zero-order chi connectivity index (χ0) is 19.8. The number of benzene rings is 2. The van der Waals surface area contributed by atoms with Crippen LogP contribution in [0.15, 0.2) is 42.5 Å². The average molecular weight is 393 g/mol. The van der Waals surface area contributed by atoms with E-state index in [0.29, 0.717) is 30.1 Å². The molecule has 7 heteroatoms. The van der Waals surface area contributed by atoms with Crippen LogP contribution >= 0.6 is 11.6 Å². The third-order valence-electron chi connectivity index (χ3n) is 3.94. The highest BCUT2D eigenvalue weighted by molar-refractivity contribution is 6.32. The lowest BCUT2D eigenvalue weighted by Gasteiger charge is -2.19. The second-order valence-electron chi connectivity index (χ2n) is 5.85. The Morgan fingerprint density at radius 1 is 1.15 bits per heavy atom. The Morgan fingerprint density at radius 3 is 2.52 bits per heavy atom. The molecule has 144 valence electrons. The van der Waals surface area contributed by atoms with E-state index in [0.717, 1.165) is 0 Å². The minimum atomic E-state index is -0.385. The molecule has 0 bridgehead atoms. The van der Waals surface area contributed by atoms with Crippen molar-refractivity contribution in [2.45, 2.75) is 20.3 Å². The molecule has 0 spiro atoms. The van der Waals surface area contributed by atoms with E-state index in [2.05, 4.69) is 5.32 Å². The van der Waals surface area contributed by atoms with E-state index in [9.17, 15) is 14.0 Å². The number of carbonyl (C=O) groups is 2. The van der Waals surface area contributed by atoms with Gasteiger partial charge in [0.25, 0.3) is 5.91 Å². The molecular weight excluding hydrogens is 371 g/mol. The van der Waals surface area contributed by atoms with Crippen molar-refractivity contribution in [3.63, 3.8) is 0 Å². The van der Waals surface area contributed by atoms with Crippen LogP contribution in [-0.2, 0) is 16.0 Å². The minimum Gasteiger partial charge on any atom is -0.482 e. The lowest BCUT2D eigenvalue weighted by molar-refractivity contribution is -0.133. The standard InChI is InChI=1S/C20H22ClFN2O3/c1-3-24(4-2)20(26)13-27-18-9-8-16(12-17(18)21)23-19(25)11-14-6-5-7-15(22)10-14/h5-10,12H,3-4,11,13H2,1-2H3,(H,23,25). The van der Waals surface area contributed by atoms with E-state index in [1.807, 2.05) is 13.8 Å². The van der Waals surface area contributed by atoms with Crippen LogP contribution in [0.2, 0.25) is 5.02 Å². The summed E-state index contributed by atoms with van der Waals surface area (Å²) in [4.78, 5) is 25.7. The van der Waals surface area contributed by atoms with E-state index in [4.69, 9.17) is 16.3 Å². The van der Waals surface area contributed by atoms with Crippen LogP contribution in [-0.4, -0.2) is 36.4 Å². The maximum atomic E-state index is 13.2. The van der Waals surface area contributed by atoms with Gasteiger partial charge in [0.2, 0.25) is 5.91 Å². The molecule has 0 aliphatic heterocycles. The molecule has 0 saturated heterocycles. The summed E-state index contributed by atoms with van der Waals surface area (Å²) >= 11 is 6.17. The molecule has 0 radical (unpaired) electrons. The second kappa shape index (κ2) is 9.92. The van der Waals surface area contributed by atoms with E-state index in [-0.39, 0.29) is 35.7 Å². The number of likely N-dealkylation sites (N-methyl/N-ethyl adjacent to an activating group) is 1. The van der Waals surface area contributed by atoms with Gasteiger partial charge in [-0.15, -0.1) is 0 Å². The summed E-state index contributed by atoms with van der Waals surface area (Å²) in [6.07, 6.45) is 0.0476. The first-order valence-electron chi connectivity index (χ1n) is 8.67. The molecule has 1 N–H and O–H groups in total. The predicted octanol–water partition coefficient (Wildman–Crippen LogP) is 3.91. The van der Waals surface area contributed by atoms with Gasteiger partial charge in [-0.05, 0) is 49.7 Å². The Balaban J connectivity index is 1.93. The van der Waals surface area contributed by atoms with Crippen LogP contribution in [0.5, 0.6) is 5.75 Å². The largest absolute Gasteiger partial charge is 0.482 e. The van der Waals surface area contributed by atoms with Crippen LogP contribution < -0.4 is 10.1 Å². The molecule has 0 saturated carbocycles. The maximum absolute atomic E-state index is 13.2. The molecule has 2 aromatic carbocycles. The van der Waals surface area contributed by atoms with Gasteiger partial charge in [-0.3, -0.25) is 9.59 Å². The summed E-state index contributed by atoms with van der Waals surface area (Å²) < 4.78 is 18.7. The molecule has 0 aromatic heterocycles. The Hall–Kier alpha value is -2.60. The lowest BCUT2D eigenvalue weighted by Crippen LogP contribution is -2.34. The molecule has 0 unspecified atom stereocenters. The highest BCUT2D eigenvalue weighted by Gasteiger charge is 2.12.